The molecule has 0 aromatic carbocycles. The molecule has 3 N–H and O–H groups in total. The first-order valence-corrected chi connectivity index (χ1v) is 7.09. The van der Waals surface area contributed by atoms with Crippen molar-refractivity contribution in [3.63, 3.8) is 0 Å². The van der Waals surface area contributed by atoms with Crippen LogP contribution in [-0.4, -0.2) is 47.3 Å². The number of aliphatic hydroxyl groups is 1. The fraction of sp³-hybridized carbons (Fsp3) is 0.643. The number of H-pyrrole nitrogens is 1. The number of ether oxygens (including phenoxy) is 1. The summed E-state index contributed by atoms with van der Waals surface area (Å²) in [6.45, 7) is 2.15. The summed E-state index contributed by atoms with van der Waals surface area (Å²) in [6, 6.07) is 0. The third-order valence-electron chi connectivity index (χ3n) is 3.43. The number of rotatable bonds is 7. The smallest absolute Gasteiger partial charge is 0.264 e. The van der Waals surface area contributed by atoms with E-state index in [-0.39, 0.29) is 18.7 Å². The summed E-state index contributed by atoms with van der Waals surface area (Å²) < 4.78 is 4.80. The van der Waals surface area contributed by atoms with Crippen molar-refractivity contribution < 1.29 is 14.6 Å². The van der Waals surface area contributed by atoms with Gasteiger partial charge in [0, 0.05) is 19.6 Å². The Morgan fingerprint density at radius 1 is 1.57 bits per heavy atom. The summed E-state index contributed by atoms with van der Waals surface area (Å²) >= 11 is 0. The van der Waals surface area contributed by atoms with Crippen LogP contribution in [0.2, 0.25) is 0 Å². The summed E-state index contributed by atoms with van der Waals surface area (Å²) in [5, 5.41) is 12.1. The van der Waals surface area contributed by atoms with E-state index in [9.17, 15) is 14.7 Å². The minimum Gasteiger partial charge on any atom is -0.391 e. The second-order valence-corrected chi connectivity index (χ2v) is 5.34. The molecule has 0 aliphatic heterocycles. The normalized spacial score (nSPS) is 15.8. The van der Waals surface area contributed by atoms with Crippen molar-refractivity contribution in [2.75, 3.05) is 20.3 Å². The Kier molecular flexibility index (Phi) is 5.08. The molecule has 1 fully saturated rings. The predicted molar refractivity (Wildman–Crippen MR) is 76.4 cm³/mol. The lowest BCUT2D eigenvalue weighted by molar-refractivity contribution is 0.0587. The SMILES string of the molecule is COCC(O)CCNC(=O)c1c(C)nc(C2CC2)[nH]c1=O. The molecule has 21 heavy (non-hydrogen) atoms. The maximum atomic E-state index is 12.0. The molecule has 1 heterocycles. The van der Waals surface area contributed by atoms with Crippen molar-refractivity contribution in [2.45, 2.75) is 38.2 Å². The van der Waals surface area contributed by atoms with Crippen molar-refractivity contribution in [2.24, 2.45) is 0 Å². The van der Waals surface area contributed by atoms with E-state index in [4.69, 9.17) is 4.74 Å². The highest BCUT2D eigenvalue weighted by Crippen LogP contribution is 2.37. The van der Waals surface area contributed by atoms with Gasteiger partial charge in [-0.2, -0.15) is 0 Å². The number of methoxy groups -OCH3 is 1. The van der Waals surface area contributed by atoms with Crippen molar-refractivity contribution in [3.8, 4) is 0 Å². The van der Waals surface area contributed by atoms with Gasteiger partial charge in [-0.15, -0.1) is 0 Å². The number of hydrogen-bond acceptors (Lipinski definition) is 5. The van der Waals surface area contributed by atoms with E-state index in [1.807, 2.05) is 0 Å². The molecule has 0 radical (unpaired) electrons. The van der Waals surface area contributed by atoms with E-state index < -0.39 is 17.6 Å². The molecule has 7 nitrogen and oxygen atoms in total. The molecule has 0 saturated heterocycles. The van der Waals surface area contributed by atoms with E-state index in [0.717, 1.165) is 12.8 Å². The number of hydrogen-bond donors (Lipinski definition) is 3. The molecular weight excluding hydrogens is 274 g/mol. The third-order valence-corrected chi connectivity index (χ3v) is 3.43. The van der Waals surface area contributed by atoms with Gasteiger partial charge in [0.2, 0.25) is 0 Å². The average Bonchev–Trinajstić information content (AvgIpc) is 3.22. The summed E-state index contributed by atoms with van der Waals surface area (Å²) in [5.74, 6) is 0.537. The molecule has 116 valence electrons. The number of nitrogens with zero attached hydrogens (tertiary/aromatic N) is 1. The predicted octanol–water partition coefficient (Wildman–Crippen LogP) is 0.0829. The molecule has 1 aliphatic rings. The third kappa shape index (κ3) is 4.12. The zero-order chi connectivity index (χ0) is 15.4. The van der Waals surface area contributed by atoms with Crippen molar-refractivity contribution in [1.82, 2.24) is 15.3 Å². The van der Waals surface area contributed by atoms with E-state index >= 15 is 0 Å². The standard InChI is InChI=1S/C14H21N3O4/c1-8-11(13(19)15-6-5-10(18)7-21-2)14(20)17-12(16-8)9-3-4-9/h9-10,18H,3-7H2,1-2H3,(H,15,19)(H,16,17,20). The number of aromatic amines is 1. The van der Waals surface area contributed by atoms with Crippen LogP contribution in [0.5, 0.6) is 0 Å². The quantitative estimate of drug-likeness (QED) is 0.661. The minimum atomic E-state index is -0.634. The van der Waals surface area contributed by atoms with Crippen molar-refractivity contribution in [3.05, 3.63) is 27.4 Å². The number of aliphatic hydroxyl groups excluding tert-OH is 1. The summed E-state index contributed by atoms with van der Waals surface area (Å²) in [4.78, 5) is 31.0. The second kappa shape index (κ2) is 6.82. The molecule has 1 atom stereocenters. The Bertz CT molecular complexity index is 566. The van der Waals surface area contributed by atoms with Gasteiger partial charge in [-0.05, 0) is 26.2 Å². The largest absolute Gasteiger partial charge is 0.391 e. The van der Waals surface area contributed by atoms with Gasteiger partial charge in [0.25, 0.3) is 11.5 Å². The molecule has 1 aromatic rings. The number of carbonyl (C=O) groups is 1. The number of aromatic nitrogens is 2. The second-order valence-electron chi connectivity index (χ2n) is 5.34. The molecule has 0 spiro atoms. The number of amides is 1. The molecule has 1 aromatic heterocycles. The van der Waals surface area contributed by atoms with Crippen LogP contribution in [-0.2, 0) is 4.74 Å². The summed E-state index contributed by atoms with van der Waals surface area (Å²) in [7, 11) is 1.50. The van der Waals surface area contributed by atoms with E-state index in [2.05, 4.69) is 15.3 Å². The molecule has 2 rings (SSSR count). The highest BCUT2D eigenvalue weighted by atomic mass is 16.5. The van der Waals surface area contributed by atoms with Crippen LogP contribution < -0.4 is 10.9 Å². The highest BCUT2D eigenvalue weighted by Gasteiger charge is 2.27. The van der Waals surface area contributed by atoms with Crippen LogP contribution in [0.25, 0.3) is 0 Å². The van der Waals surface area contributed by atoms with Gasteiger partial charge < -0.3 is 20.1 Å². The lowest BCUT2D eigenvalue weighted by Crippen LogP contribution is -2.34. The van der Waals surface area contributed by atoms with Crippen molar-refractivity contribution in [1.29, 1.82) is 0 Å². The lowest BCUT2D eigenvalue weighted by Gasteiger charge is -2.11. The lowest BCUT2D eigenvalue weighted by atomic mass is 10.2. The minimum absolute atomic E-state index is 0.0423. The van der Waals surface area contributed by atoms with Crippen molar-refractivity contribution >= 4 is 5.91 Å². The zero-order valence-corrected chi connectivity index (χ0v) is 12.3. The van der Waals surface area contributed by atoms with Crippen LogP contribution in [0.1, 0.15) is 47.1 Å². The van der Waals surface area contributed by atoms with Gasteiger partial charge in [-0.3, -0.25) is 9.59 Å². The molecule has 1 saturated carbocycles. The fourth-order valence-corrected chi connectivity index (χ4v) is 2.14. The van der Waals surface area contributed by atoms with Crippen LogP contribution >= 0.6 is 0 Å². The fourth-order valence-electron chi connectivity index (χ4n) is 2.14. The van der Waals surface area contributed by atoms with Crippen LogP contribution in [0.4, 0.5) is 0 Å². The van der Waals surface area contributed by atoms with Gasteiger partial charge in [0.05, 0.1) is 18.4 Å². The van der Waals surface area contributed by atoms with E-state index in [1.54, 1.807) is 6.92 Å². The van der Waals surface area contributed by atoms with Crippen LogP contribution in [0, 0.1) is 6.92 Å². The topological polar surface area (TPSA) is 104 Å². The Labute approximate surface area is 122 Å². The Hall–Kier alpha value is -1.73. The maximum Gasteiger partial charge on any atom is 0.264 e. The first-order valence-electron chi connectivity index (χ1n) is 7.09. The van der Waals surface area contributed by atoms with E-state index in [1.165, 1.54) is 7.11 Å². The Morgan fingerprint density at radius 2 is 2.29 bits per heavy atom. The molecular formula is C14H21N3O4. The molecule has 1 unspecified atom stereocenters. The van der Waals surface area contributed by atoms with Gasteiger partial charge in [0.1, 0.15) is 11.4 Å². The first-order chi connectivity index (χ1) is 10.0. The number of nitrogens with one attached hydrogen (secondary N) is 2. The van der Waals surface area contributed by atoms with Crippen LogP contribution in [0.3, 0.4) is 0 Å². The number of carbonyl (C=O) groups excluding carboxylic acids is 1. The Balaban J connectivity index is 1.97. The van der Waals surface area contributed by atoms with Gasteiger partial charge in [0.15, 0.2) is 0 Å². The van der Waals surface area contributed by atoms with Gasteiger partial charge in [-0.25, -0.2) is 4.98 Å². The molecule has 1 amide bonds. The van der Waals surface area contributed by atoms with E-state index in [0.29, 0.717) is 23.9 Å². The average molecular weight is 295 g/mol. The first kappa shape index (κ1) is 15.7. The zero-order valence-electron chi connectivity index (χ0n) is 12.3. The Morgan fingerprint density at radius 3 is 2.86 bits per heavy atom. The van der Waals surface area contributed by atoms with Gasteiger partial charge in [-0.1, -0.05) is 0 Å². The van der Waals surface area contributed by atoms with Gasteiger partial charge >= 0.3 is 0 Å². The molecule has 1 aliphatic carbocycles. The highest BCUT2D eigenvalue weighted by molar-refractivity contribution is 5.94. The summed E-state index contributed by atoms with van der Waals surface area (Å²) in [6.07, 6.45) is 1.80. The maximum absolute atomic E-state index is 12.0. The van der Waals surface area contributed by atoms with Crippen LogP contribution in [0.15, 0.2) is 4.79 Å². The summed E-state index contributed by atoms with van der Waals surface area (Å²) in [5.41, 5.74) is 0.0792. The number of aryl methyl sites for hydroxylation is 1. The molecule has 0 bridgehead atoms. The monoisotopic (exact) mass is 295 g/mol. The molecule has 7 heteroatoms.